The molecule has 0 radical (unpaired) electrons. The first-order chi connectivity index (χ1) is 4.57. The van der Waals surface area contributed by atoms with Crippen molar-refractivity contribution in [2.75, 3.05) is 5.75 Å². The van der Waals surface area contributed by atoms with Crippen molar-refractivity contribution in [3.8, 4) is 0 Å². The van der Waals surface area contributed by atoms with Crippen molar-refractivity contribution in [1.29, 1.82) is 0 Å². The highest BCUT2D eigenvalue weighted by Gasteiger charge is 2.15. The fraction of sp³-hybridized carbons (Fsp3) is 0.667. The van der Waals surface area contributed by atoms with Crippen molar-refractivity contribution >= 4 is 18.6 Å². The molecular weight excluding hydrogens is 160 g/mol. The number of carbonyl (C=O) groups excluding carboxylic acids is 1. The molecule has 0 saturated carbocycles. The summed E-state index contributed by atoms with van der Waals surface area (Å²) in [7, 11) is 0. The third kappa shape index (κ3) is 3.25. The zero-order chi connectivity index (χ0) is 8.15. The molecule has 0 unspecified atom stereocenters. The normalized spacial score (nSPS) is 12.2. The van der Waals surface area contributed by atoms with E-state index in [0.29, 0.717) is 0 Å². The Labute approximate surface area is 61.8 Å². The maximum atomic E-state index is 10.3. The second-order valence-electron chi connectivity index (χ2n) is 1.42. The van der Waals surface area contributed by atoms with E-state index >= 15 is 0 Å². The number of thiol groups is 1. The van der Waals surface area contributed by atoms with Gasteiger partial charge in [0.25, 0.3) is 0 Å². The molecule has 10 heavy (non-hydrogen) atoms. The van der Waals surface area contributed by atoms with Gasteiger partial charge >= 0.3 is 11.1 Å². The van der Waals surface area contributed by atoms with E-state index < -0.39 is 17.1 Å². The van der Waals surface area contributed by atoms with Crippen LogP contribution in [0.2, 0.25) is 0 Å². The predicted molar refractivity (Wildman–Crippen MR) is 34.9 cm³/mol. The van der Waals surface area contributed by atoms with Gasteiger partial charge in [-0.05, 0) is 0 Å². The standard InChI is InChI=1S/C3H6N2O4S/c4-2(1-10)3(6)9-5(7)8/h2,10H,1,4H2/t2-/m0/s1. The Balaban J connectivity index is 3.73. The number of hydrogen-bond donors (Lipinski definition) is 2. The minimum atomic E-state index is -1.20. The molecule has 0 bridgehead atoms. The van der Waals surface area contributed by atoms with Gasteiger partial charge in [0, 0.05) is 5.75 Å². The van der Waals surface area contributed by atoms with E-state index in [1.165, 1.54) is 0 Å². The van der Waals surface area contributed by atoms with Gasteiger partial charge in [-0.1, -0.05) is 0 Å². The summed E-state index contributed by atoms with van der Waals surface area (Å²) in [6.07, 6.45) is 0. The van der Waals surface area contributed by atoms with Crippen molar-refractivity contribution in [3.63, 3.8) is 0 Å². The Morgan fingerprint density at radius 3 is 2.70 bits per heavy atom. The Kier molecular flexibility index (Phi) is 3.74. The second kappa shape index (κ2) is 4.07. The van der Waals surface area contributed by atoms with Crippen molar-refractivity contribution in [1.82, 2.24) is 0 Å². The van der Waals surface area contributed by atoms with Crippen LogP contribution in [0.3, 0.4) is 0 Å². The van der Waals surface area contributed by atoms with Crippen LogP contribution in [0.5, 0.6) is 0 Å². The van der Waals surface area contributed by atoms with Gasteiger partial charge in [0.05, 0.1) is 6.04 Å². The Bertz CT molecular complexity index is 149. The Morgan fingerprint density at radius 1 is 1.90 bits per heavy atom. The molecule has 0 heterocycles. The summed E-state index contributed by atoms with van der Waals surface area (Å²) in [5.74, 6) is -1.06. The van der Waals surface area contributed by atoms with E-state index in [4.69, 9.17) is 5.73 Å². The van der Waals surface area contributed by atoms with Crippen molar-refractivity contribution in [3.05, 3.63) is 10.1 Å². The number of rotatable bonds is 3. The van der Waals surface area contributed by atoms with E-state index in [-0.39, 0.29) is 5.75 Å². The van der Waals surface area contributed by atoms with Gasteiger partial charge in [-0.3, -0.25) is 4.79 Å². The minimum Gasteiger partial charge on any atom is -0.319 e. The fourth-order valence-electron chi connectivity index (χ4n) is 0.216. The highest BCUT2D eigenvalue weighted by molar-refractivity contribution is 7.80. The van der Waals surface area contributed by atoms with Crippen molar-refractivity contribution in [2.45, 2.75) is 6.04 Å². The lowest BCUT2D eigenvalue weighted by Crippen LogP contribution is -2.35. The van der Waals surface area contributed by atoms with E-state index in [1.807, 2.05) is 0 Å². The van der Waals surface area contributed by atoms with Crippen LogP contribution in [0, 0.1) is 10.1 Å². The molecule has 0 aromatic carbocycles. The van der Waals surface area contributed by atoms with Crippen LogP contribution >= 0.6 is 12.6 Å². The molecule has 1 atom stereocenters. The van der Waals surface area contributed by atoms with Gasteiger partial charge in [0.2, 0.25) is 0 Å². The first-order valence-corrected chi connectivity index (χ1v) is 2.93. The molecule has 0 amide bonds. The smallest absolute Gasteiger partial charge is 0.319 e. The summed E-state index contributed by atoms with van der Waals surface area (Å²) in [6.45, 7) is 0. The van der Waals surface area contributed by atoms with Gasteiger partial charge in [0.1, 0.15) is 0 Å². The molecule has 0 saturated heterocycles. The predicted octanol–water partition coefficient (Wildman–Crippen LogP) is -1.02. The van der Waals surface area contributed by atoms with Crippen LogP contribution in [0.1, 0.15) is 0 Å². The molecule has 0 aromatic rings. The van der Waals surface area contributed by atoms with E-state index in [9.17, 15) is 14.9 Å². The average Bonchev–Trinajstić information content (AvgIpc) is 1.85. The average molecular weight is 166 g/mol. The molecule has 0 aliphatic carbocycles. The third-order valence-electron chi connectivity index (χ3n) is 0.664. The maximum Gasteiger partial charge on any atom is 0.321 e. The maximum absolute atomic E-state index is 10.3. The molecule has 0 aliphatic heterocycles. The largest absolute Gasteiger partial charge is 0.321 e. The monoisotopic (exact) mass is 166 g/mol. The number of hydrogen-bond acceptors (Lipinski definition) is 6. The lowest BCUT2D eigenvalue weighted by molar-refractivity contribution is -0.729. The summed E-state index contributed by atoms with van der Waals surface area (Å²) in [6, 6.07) is -1.03. The van der Waals surface area contributed by atoms with Gasteiger partial charge < -0.3 is 5.73 Å². The zero-order valence-corrected chi connectivity index (χ0v) is 5.78. The number of nitrogens with zero attached hydrogens (tertiary/aromatic N) is 1. The van der Waals surface area contributed by atoms with Gasteiger partial charge in [-0.2, -0.15) is 12.6 Å². The summed E-state index contributed by atoms with van der Waals surface area (Å²) in [5.41, 5.74) is 5.01. The Hall–Kier alpha value is -0.820. The zero-order valence-electron chi connectivity index (χ0n) is 4.89. The van der Waals surface area contributed by atoms with Gasteiger partial charge in [-0.15, -0.1) is 10.1 Å². The number of nitrogens with two attached hydrogens (primary N) is 1. The summed E-state index contributed by atoms with van der Waals surface area (Å²) in [4.78, 5) is 23.4. The lowest BCUT2D eigenvalue weighted by Gasteiger charge is -2.02. The lowest BCUT2D eigenvalue weighted by atomic mass is 10.4. The van der Waals surface area contributed by atoms with E-state index in [0.717, 1.165) is 0 Å². The second-order valence-corrected chi connectivity index (χ2v) is 1.79. The molecule has 0 rings (SSSR count). The van der Waals surface area contributed by atoms with E-state index in [2.05, 4.69) is 17.5 Å². The van der Waals surface area contributed by atoms with Crippen molar-refractivity contribution < 1.29 is 14.7 Å². The van der Waals surface area contributed by atoms with Crippen LogP contribution in [0.4, 0.5) is 0 Å². The van der Waals surface area contributed by atoms with Crippen LogP contribution in [-0.4, -0.2) is 22.9 Å². The molecule has 0 spiro atoms. The quantitative estimate of drug-likeness (QED) is 0.318. The summed E-state index contributed by atoms with van der Waals surface area (Å²) in [5, 5.41) is 8.31. The molecule has 0 fully saturated rings. The molecular formula is C3H6N2O4S. The summed E-state index contributed by atoms with van der Waals surface area (Å²) < 4.78 is 0. The Morgan fingerprint density at radius 2 is 2.40 bits per heavy atom. The molecule has 0 aliphatic rings. The van der Waals surface area contributed by atoms with Gasteiger partial charge in [-0.25, -0.2) is 4.84 Å². The van der Waals surface area contributed by atoms with E-state index in [1.54, 1.807) is 0 Å². The summed E-state index contributed by atoms with van der Waals surface area (Å²) >= 11 is 3.63. The van der Waals surface area contributed by atoms with Crippen LogP contribution in [0.25, 0.3) is 0 Å². The van der Waals surface area contributed by atoms with Crippen LogP contribution < -0.4 is 5.73 Å². The molecule has 7 heteroatoms. The van der Waals surface area contributed by atoms with Crippen molar-refractivity contribution in [2.24, 2.45) is 5.73 Å². The topological polar surface area (TPSA) is 95.5 Å². The fourth-order valence-corrected chi connectivity index (χ4v) is 0.365. The SMILES string of the molecule is N[C@@H](CS)C(=O)O[N+](=O)[O-]. The number of carbonyl (C=O) groups is 1. The van der Waals surface area contributed by atoms with Gasteiger partial charge in [0.15, 0.2) is 0 Å². The molecule has 0 aromatic heterocycles. The molecule has 6 nitrogen and oxygen atoms in total. The highest BCUT2D eigenvalue weighted by atomic mass is 32.1. The molecule has 2 N–H and O–H groups in total. The molecule has 58 valence electrons. The first kappa shape index (κ1) is 9.18. The first-order valence-electron chi connectivity index (χ1n) is 2.30. The van der Waals surface area contributed by atoms with Crippen LogP contribution in [0.15, 0.2) is 0 Å². The third-order valence-corrected chi connectivity index (χ3v) is 1.06. The van der Waals surface area contributed by atoms with Crippen LogP contribution in [-0.2, 0) is 9.63 Å². The highest BCUT2D eigenvalue weighted by Crippen LogP contribution is 1.87. The minimum absolute atomic E-state index is 0.0205.